The van der Waals surface area contributed by atoms with Gasteiger partial charge in [0.15, 0.2) is 0 Å². The Kier molecular flexibility index (Phi) is 3.33. The topological polar surface area (TPSA) is 12.0 Å². The number of allylic oxidation sites excluding steroid dienone is 1. The Hall–Kier alpha value is -0.300. The van der Waals surface area contributed by atoms with Gasteiger partial charge in [0.1, 0.15) is 0 Å². The molecule has 0 atom stereocenters. The lowest BCUT2D eigenvalue weighted by atomic mass is 9.90. The average Bonchev–Trinajstić information content (AvgIpc) is 2.02. The Morgan fingerprint density at radius 2 is 1.83 bits per heavy atom. The molecule has 0 spiro atoms. The number of hydrogen-bond donors (Lipinski definition) is 1. The van der Waals surface area contributed by atoms with Crippen molar-refractivity contribution in [2.45, 2.75) is 40.0 Å². The van der Waals surface area contributed by atoms with Gasteiger partial charge < -0.3 is 5.32 Å². The van der Waals surface area contributed by atoms with Gasteiger partial charge in [-0.3, -0.25) is 0 Å². The summed E-state index contributed by atoms with van der Waals surface area (Å²) in [6.07, 6.45) is 6.19. The third-order valence-electron chi connectivity index (χ3n) is 2.25. The summed E-state index contributed by atoms with van der Waals surface area (Å²) in [5.74, 6) is 0. The third-order valence-corrected chi connectivity index (χ3v) is 2.25. The van der Waals surface area contributed by atoms with E-state index in [-0.39, 0.29) is 0 Å². The van der Waals surface area contributed by atoms with Crippen LogP contribution in [0.15, 0.2) is 11.6 Å². The number of nitrogens with one attached hydrogen (secondary N) is 1. The molecule has 1 N–H and O–H groups in total. The second-order valence-electron chi connectivity index (χ2n) is 4.88. The van der Waals surface area contributed by atoms with Crippen LogP contribution >= 0.6 is 0 Å². The minimum absolute atomic E-state index is 0.456. The molecule has 0 aromatic rings. The molecule has 0 aromatic heterocycles. The minimum atomic E-state index is 0.456. The molecular formula is C11H21N. The zero-order valence-corrected chi connectivity index (χ0v) is 8.61. The second-order valence-corrected chi connectivity index (χ2v) is 4.88. The van der Waals surface area contributed by atoms with E-state index < -0.39 is 0 Å². The Bertz CT molecular complexity index is 154. The Morgan fingerprint density at radius 1 is 1.25 bits per heavy atom. The van der Waals surface area contributed by atoms with Crippen LogP contribution in [0.5, 0.6) is 0 Å². The van der Waals surface area contributed by atoms with Gasteiger partial charge in [0.2, 0.25) is 0 Å². The molecule has 0 unspecified atom stereocenters. The quantitative estimate of drug-likeness (QED) is 0.592. The molecule has 1 saturated heterocycles. The Balaban J connectivity index is 2.35. The van der Waals surface area contributed by atoms with Crippen LogP contribution in [-0.2, 0) is 0 Å². The number of hydrogen-bond acceptors (Lipinski definition) is 1. The molecule has 1 rings (SSSR count). The largest absolute Gasteiger partial charge is 0.316 e. The van der Waals surface area contributed by atoms with Gasteiger partial charge in [0.25, 0.3) is 0 Å². The lowest BCUT2D eigenvalue weighted by Crippen LogP contribution is -2.23. The lowest BCUT2D eigenvalue weighted by Gasteiger charge is -2.19. The first-order chi connectivity index (χ1) is 5.58. The standard InChI is InChI=1S/C11H21N/c1-11(2,3)7-4-10-5-8-12-9-6-10/h4,12H,5-9H2,1-3H3. The van der Waals surface area contributed by atoms with E-state index in [1.165, 1.54) is 32.4 Å². The molecular weight excluding hydrogens is 146 g/mol. The minimum Gasteiger partial charge on any atom is -0.316 e. The highest BCUT2D eigenvalue weighted by Crippen LogP contribution is 2.22. The number of rotatable bonds is 1. The summed E-state index contributed by atoms with van der Waals surface area (Å²) in [5, 5.41) is 3.37. The van der Waals surface area contributed by atoms with Crippen LogP contribution in [0.25, 0.3) is 0 Å². The summed E-state index contributed by atoms with van der Waals surface area (Å²) in [6.45, 7) is 9.24. The van der Waals surface area contributed by atoms with Gasteiger partial charge in [-0.2, -0.15) is 0 Å². The summed E-state index contributed by atoms with van der Waals surface area (Å²) in [6, 6.07) is 0. The average molecular weight is 167 g/mol. The molecule has 12 heavy (non-hydrogen) atoms. The lowest BCUT2D eigenvalue weighted by molar-refractivity contribution is 0.417. The smallest absolute Gasteiger partial charge is 0.00115 e. The van der Waals surface area contributed by atoms with E-state index in [2.05, 4.69) is 32.2 Å². The van der Waals surface area contributed by atoms with Crippen molar-refractivity contribution in [3.8, 4) is 0 Å². The van der Waals surface area contributed by atoms with E-state index in [0.717, 1.165) is 0 Å². The zero-order chi connectivity index (χ0) is 9.03. The summed E-state index contributed by atoms with van der Waals surface area (Å²) < 4.78 is 0. The maximum Gasteiger partial charge on any atom is -0.00115 e. The summed E-state index contributed by atoms with van der Waals surface area (Å²) in [7, 11) is 0. The Labute approximate surface area is 76.2 Å². The van der Waals surface area contributed by atoms with E-state index in [4.69, 9.17) is 0 Å². The SMILES string of the molecule is CC(C)(C)CC=C1CCNCC1. The van der Waals surface area contributed by atoms with Crippen LogP contribution in [-0.4, -0.2) is 13.1 Å². The van der Waals surface area contributed by atoms with Crippen LogP contribution in [0.4, 0.5) is 0 Å². The Morgan fingerprint density at radius 3 is 2.33 bits per heavy atom. The fraction of sp³-hybridized carbons (Fsp3) is 0.818. The van der Waals surface area contributed by atoms with Gasteiger partial charge in [0, 0.05) is 0 Å². The predicted molar refractivity (Wildman–Crippen MR) is 54.3 cm³/mol. The van der Waals surface area contributed by atoms with Crippen molar-refractivity contribution in [1.82, 2.24) is 5.32 Å². The number of piperidine rings is 1. The van der Waals surface area contributed by atoms with Gasteiger partial charge in [-0.25, -0.2) is 0 Å². The predicted octanol–water partition coefficient (Wildman–Crippen LogP) is 2.73. The zero-order valence-electron chi connectivity index (χ0n) is 8.61. The molecule has 0 aliphatic carbocycles. The maximum absolute atomic E-state index is 3.37. The molecule has 0 bridgehead atoms. The monoisotopic (exact) mass is 167 g/mol. The highest BCUT2D eigenvalue weighted by atomic mass is 14.9. The normalized spacial score (nSPS) is 19.4. The molecule has 1 aliphatic heterocycles. The molecule has 1 heteroatoms. The van der Waals surface area contributed by atoms with E-state index >= 15 is 0 Å². The molecule has 1 nitrogen and oxygen atoms in total. The van der Waals surface area contributed by atoms with E-state index in [1.54, 1.807) is 5.57 Å². The molecule has 1 fully saturated rings. The second kappa shape index (κ2) is 4.08. The first-order valence-electron chi connectivity index (χ1n) is 4.96. The van der Waals surface area contributed by atoms with Crippen LogP contribution in [0.2, 0.25) is 0 Å². The molecule has 1 aliphatic rings. The van der Waals surface area contributed by atoms with Gasteiger partial charge in [0.05, 0.1) is 0 Å². The van der Waals surface area contributed by atoms with Crippen molar-refractivity contribution >= 4 is 0 Å². The molecule has 0 radical (unpaired) electrons. The van der Waals surface area contributed by atoms with Crippen LogP contribution in [0, 0.1) is 5.41 Å². The van der Waals surface area contributed by atoms with Crippen molar-refractivity contribution < 1.29 is 0 Å². The molecule has 0 saturated carbocycles. The van der Waals surface area contributed by atoms with Crippen LogP contribution in [0.1, 0.15) is 40.0 Å². The molecule has 0 aromatic carbocycles. The van der Waals surface area contributed by atoms with Crippen LogP contribution in [0.3, 0.4) is 0 Å². The van der Waals surface area contributed by atoms with E-state index in [1.807, 2.05) is 0 Å². The first kappa shape index (κ1) is 9.79. The van der Waals surface area contributed by atoms with Gasteiger partial charge >= 0.3 is 0 Å². The summed E-state index contributed by atoms with van der Waals surface area (Å²) in [5.41, 5.74) is 2.11. The molecule has 1 heterocycles. The highest BCUT2D eigenvalue weighted by Gasteiger charge is 2.09. The van der Waals surface area contributed by atoms with Gasteiger partial charge in [-0.15, -0.1) is 0 Å². The van der Waals surface area contributed by atoms with Crippen molar-refractivity contribution in [1.29, 1.82) is 0 Å². The first-order valence-corrected chi connectivity index (χ1v) is 4.96. The maximum atomic E-state index is 3.37. The fourth-order valence-electron chi connectivity index (χ4n) is 1.40. The van der Waals surface area contributed by atoms with Crippen molar-refractivity contribution in [3.05, 3.63) is 11.6 Å². The summed E-state index contributed by atoms with van der Waals surface area (Å²) in [4.78, 5) is 0. The molecule has 70 valence electrons. The highest BCUT2D eigenvalue weighted by molar-refractivity contribution is 5.06. The van der Waals surface area contributed by atoms with Gasteiger partial charge in [-0.1, -0.05) is 32.4 Å². The van der Waals surface area contributed by atoms with Gasteiger partial charge in [-0.05, 0) is 37.8 Å². The van der Waals surface area contributed by atoms with Crippen molar-refractivity contribution in [3.63, 3.8) is 0 Å². The fourth-order valence-corrected chi connectivity index (χ4v) is 1.40. The van der Waals surface area contributed by atoms with E-state index in [0.29, 0.717) is 5.41 Å². The van der Waals surface area contributed by atoms with Crippen LogP contribution < -0.4 is 5.32 Å². The summed E-state index contributed by atoms with van der Waals surface area (Å²) >= 11 is 0. The van der Waals surface area contributed by atoms with E-state index in [9.17, 15) is 0 Å². The van der Waals surface area contributed by atoms with Crippen molar-refractivity contribution in [2.75, 3.05) is 13.1 Å². The molecule has 0 amide bonds. The third kappa shape index (κ3) is 3.91. The van der Waals surface area contributed by atoms with Crippen molar-refractivity contribution in [2.24, 2.45) is 5.41 Å².